The van der Waals surface area contributed by atoms with Gasteiger partial charge >= 0.3 is 5.97 Å². The zero-order valence-electron chi connectivity index (χ0n) is 14.8. The number of nitrogens with zero attached hydrogens (tertiary/aromatic N) is 3. The minimum atomic E-state index is -1.01. The maximum absolute atomic E-state index is 13.4. The van der Waals surface area contributed by atoms with Gasteiger partial charge in [-0.2, -0.15) is 5.10 Å². The van der Waals surface area contributed by atoms with Crippen LogP contribution in [0.15, 0.2) is 60.7 Å². The van der Waals surface area contributed by atoms with Gasteiger partial charge in [-0.1, -0.05) is 30.3 Å². The number of halogens is 1. The van der Waals surface area contributed by atoms with Crippen molar-refractivity contribution < 1.29 is 14.3 Å². The van der Waals surface area contributed by atoms with E-state index in [4.69, 9.17) is 10.1 Å². The molecule has 0 bridgehead atoms. The van der Waals surface area contributed by atoms with E-state index in [2.05, 4.69) is 0 Å². The van der Waals surface area contributed by atoms with Gasteiger partial charge in [-0.3, -0.25) is 0 Å². The molecule has 2 aromatic carbocycles. The summed E-state index contributed by atoms with van der Waals surface area (Å²) in [6.07, 6.45) is 1.96. The number of pyridine rings is 1. The Balaban J connectivity index is 1.84. The fourth-order valence-electron chi connectivity index (χ4n) is 3.47. The topological polar surface area (TPSA) is 68.0 Å². The maximum Gasteiger partial charge on any atom is 0.336 e. The van der Waals surface area contributed by atoms with Crippen molar-refractivity contribution in [3.63, 3.8) is 0 Å². The molecule has 5 nitrogen and oxygen atoms in total. The van der Waals surface area contributed by atoms with Crippen LogP contribution in [0.5, 0.6) is 0 Å². The molecule has 1 fully saturated rings. The predicted molar refractivity (Wildman–Crippen MR) is 103 cm³/mol. The van der Waals surface area contributed by atoms with E-state index in [0.717, 1.165) is 24.1 Å². The second-order valence-electron chi connectivity index (χ2n) is 6.97. The lowest BCUT2D eigenvalue weighted by Gasteiger charge is -2.07. The average molecular weight is 373 g/mol. The second kappa shape index (κ2) is 6.27. The quantitative estimate of drug-likeness (QED) is 0.558. The zero-order valence-corrected chi connectivity index (χ0v) is 14.8. The van der Waals surface area contributed by atoms with E-state index >= 15 is 0 Å². The van der Waals surface area contributed by atoms with Crippen LogP contribution in [0.3, 0.4) is 0 Å². The van der Waals surface area contributed by atoms with Crippen LogP contribution < -0.4 is 0 Å². The Morgan fingerprint density at radius 2 is 1.79 bits per heavy atom. The Morgan fingerprint density at radius 1 is 1.07 bits per heavy atom. The van der Waals surface area contributed by atoms with Gasteiger partial charge in [-0.05, 0) is 43.2 Å². The van der Waals surface area contributed by atoms with Crippen molar-refractivity contribution in [2.45, 2.75) is 18.8 Å². The Hall–Kier alpha value is -3.54. The number of carboxylic acid groups (broad SMARTS) is 1. The molecule has 1 saturated carbocycles. The molecule has 0 amide bonds. The average Bonchev–Trinajstić information content (AvgIpc) is 3.49. The molecule has 5 rings (SSSR count). The number of carbonyl (C=O) groups is 1. The lowest BCUT2D eigenvalue weighted by molar-refractivity contribution is 0.0699. The van der Waals surface area contributed by atoms with Crippen LogP contribution >= 0.6 is 0 Å². The van der Waals surface area contributed by atoms with E-state index in [1.165, 1.54) is 12.1 Å². The molecule has 1 aliphatic carbocycles. The van der Waals surface area contributed by atoms with Gasteiger partial charge in [0.25, 0.3) is 0 Å². The van der Waals surface area contributed by atoms with Crippen molar-refractivity contribution >= 4 is 17.0 Å². The second-order valence-corrected chi connectivity index (χ2v) is 6.97. The van der Waals surface area contributed by atoms with Gasteiger partial charge in [0.15, 0.2) is 5.65 Å². The maximum atomic E-state index is 13.4. The standard InChI is InChI=1S/C22H16FN3O2/c23-15-8-10-16(11-9-15)26-21-19(20(25-26)14-6-7-14)17(22(27)28)12-18(24-21)13-4-2-1-3-5-13/h1-5,8-12,14H,6-7H2,(H,27,28). The predicted octanol–water partition coefficient (Wildman–Crippen LogP) is 4.80. The number of aromatic carboxylic acids is 1. The van der Waals surface area contributed by atoms with Crippen LogP contribution in [-0.4, -0.2) is 25.8 Å². The number of hydrogen-bond acceptors (Lipinski definition) is 3. The van der Waals surface area contributed by atoms with Crippen molar-refractivity contribution in [1.82, 2.24) is 14.8 Å². The molecule has 0 unspecified atom stereocenters. The van der Waals surface area contributed by atoms with Crippen LogP contribution in [0.1, 0.15) is 34.8 Å². The van der Waals surface area contributed by atoms with Gasteiger partial charge in [0.1, 0.15) is 5.82 Å². The van der Waals surface area contributed by atoms with Crippen molar-refractivity contribution in [1.29, 1.82) is 0 Å². The van der Waals surface area contributed by atoms with Crippen molar-refractivity contribution in [2.75, 3.05) is 0 Å². The molecular formula is C22H16FN3O2. The zero-order chi connectivity index (χ0) is 19.3. The van der Waals surface area contributed by atoms with Gasteiger partial charge in [0.05, 0.1) is 28.0 Å². The fourth-order valence-corrected chi connectivity index (χ4v) is 3.47. The Bertz CT molecular complexity index is 1200. The number of aromatic nitrogens is 3. The van der Waals surface area contributed by atoms with Gasteiger partial charge < -0.3 is 5.11 Å². The van der Waals surface area contributed by atoms with Crippen molar-refractivity contribution in [3.05, 3.63) is 77.7 Å². The normalized spacial score (nSPS) is 13.8. The minimum absolute atomic E-state index is 0.194. The Kier molecular flexibility index (Phi) is 3.72. The van der Waals surface area contributed by atoms with Crippen LogP contribution in [0.25, 0.3) is 28.0 Å². The van der Waals surface area contributed by atoms with Crippen LogP contribution in [0.4, 0.5) is 4.39 Å². The molecule has 0 spiro atoms. The minimum Gasteiger partial charge on any atom is -0.478 e. The monoisotopic (exact) mass is 373 g/mol. The van der Waals surface area contributed by atoms with E-state index in [-0.39, 0.29) is 17.3 Å². The number of fused-ring (bicyclic) bond motifs is 1. The molecule has 28 heavy (non-hydrogen) atoms. The summed E-state index contributed by atoms with van der Waals surface area (Å²) in [6, 6.07) is 17.0. The van der Waals surface area contributed by atoms with E-state index in [1.54, 1.807) is 22.9 Å². The highest BCUT2D eigenvalue weighted by Crippen LogP contribution is 2.44. The lowest BCUT2D eigenvalue weighted by atomic mass is 10.0. The van der Waals surface area contributed by atoms with Crippen molar-refractivity contribution in [2.24, 2.45) is 0 Å². The first-order valence-electron chi connectivity index (χ1n) is 9.10. The molecule has 0 saturated heterocycles. The van der Waals surface area contributed by atoms with Crippen LogP contribution in [0, 0.1) is 5.82 Å². The first kappa shape index (κ1) is 16.6. The third-order valence-electron chi connectivity index (χ3n) is 5.00. The van der Waals surface area contributed by atoms with E-state index in [9.17, 15) is 14.3 Å². The Labute approximate surface area is 160 Å². The number of benzene rings is 2. The molecule has 0 radical (unpaired) electrons. The van der Waals surface area contributed by atoms with E-state index in [1.807, 2.05) is 30.3 Å². The summed E-state index contributed by atoms with van der Waals surface area (Å²) in [7, 11) is 0. The molecule has 0 atom stereocenters. The molecule has 4 aromatic rings. The third-order valence-corrected chi connectivity index (χ3v) is 5.00. The highest BCUT2D eigenvalue weighted by molar-refractivity contribution is 6.04. The molecule has 0 aliphatic heterocycles. The van der Waals surface area contributed by atoms with Crippen LogP contribution in [0.2, 0.25) is 0 Å². The fraction of sp³-hybridized carbons (Fsp3) is 0.136. The van der Waals surface area contributed by atoms with Gasteiger partial charge in [-0.25, -0.2) is 18.9 Å². The summed E-state index contributed by atoms with van der Waals surface area (Å²) < 4.78 is 15.0. The molecule has 138 valence electrons. The molecule has 2 aromatic heterocycles. The molecule has 1 N–H and O–H groups in total. The molecule has 2 heterocycles. The summed E-state index contributed by atoms with van der Waals surface area (Å²) in [5.41, 5.74) is 3.46. The number of carboxylic acids is 1. The first-order valence-corrected chi connectivity index (χ1v) is 9.10. The van der Waals surface area contributed by atoms with Gasteiger partial charge in [0, 0.05) is 11.5 Å². The highest BCUT2D eigenvalue weighted by Gasteiger charge is 2.32. The van der Waals surface area contributed by atoms with Crippen LogP contribution in [-0.2, 0) is 0 Å². The molecule has 6 heteroatoms. The molecular weight excluding hydrogens is 357 g/mol. The summed E-state index contributed by atoms with van der Waals surface area (Å²) in [5.74, 6) is -1.11. The highest BCUT2D eigenvalue weighted by atomic mass is 19.1. The van der Waals surface area contributed by atoms with Crippen molar-refractivity contribution in [3.8, 4) is 16.9 Å². The number of hydrogen-bond donors (Lipinski definition) is 1. The number of rotatable bonds is 4. The largest absolute Gasteiger partial charge is 0.478 e. The molecule has 1 aliphatic rings. The summed E-state index contributed by atoms with van der Waals surface area (Å²) >= 11 is 0. The lowest BCUT2D eigenvalue weighted by Crippen LogP contribution is -2.02. The summed E-state index contributed by atoms with van der Waals surface area (Å²) in [6.45, 7) is 0. The SMILES string of the molecule is O=C(O)c1cc(-c2ccccc2)nc2c1c(C1CC1)nn2-c1ccc(F)cc1. The third kappa shape index (κ3) is 2.74. The van der Waals surface area contributed by atoms with Gasteiger partial charge in [-0.15, -0.1) is 0 Å². The first-order chi connectivity index (χ1) is 13.6. The van der Waals surface area contributed by atoms with E-state index in [0.29, 0.717) is 22.4 Å². The summed E-state index contributed by atoms with van der Waals surface area (Å²) in [4.78, 5) is 16.8. The Morgan fingerprint density at radius 3 is 2.43 bits per heavy atom. The smallest absolute Gasteiger partial charge is 0.336 e. The summed E-state index contributed by atoms with van der Waals surface area (Å²) in [5, 5.41) is 15.1. The van der Waals surface area contributed by atoms with E-state index < -0.39 is 5.97 Å². The van der Waals surface area contributed by atoms with Gasteiger partial charge in [0.2, 0.25) is 0 Å².